The molecule has 0 aromatic heterocycles. The van der Waals surface area contributed by atoms with Gasteiger partial charge in [-0.05, 0) is 73.9 Å². The predicted octanol–water partition coefficient (Wildman–Crippen LogP) is 4.53. The molecule has 10 heteroatoms. The second-order valence-electron chi connectivity index (χ2n) is 8.95. The van der Waals surface area contributed by atoms with Crippen LogP contribution < -0.4 is 14.4 Å². The van der Waals surface area contributed by atoms with Crippen molar-refractivity contribution in [1.82, 2.24) is 10.2 Å². The molecule has 3 aromatic rings. The zero-order valence-corrected chi connectivity index (χ0v) is 23.9. The lowest BCUT2D eigenvalue weighted by Gasteiger charge is -2.32. The largest absolute Gasteiger partial charge is 0.497 e. The van der Waals surface area contributed by atoms with E-state index in [4.69, 9.17) is 16.3 Å². The minimum Gasteiger partial charge on any atom is -0.497 e. The van der Waals surface area contributed by atoms with E-state index < -0.39 is 28.5 Å². The van der Waals surface area contributed by atoms with E-state index in [-0.39, 0.29) is 23.0 Å². The fraction of sp³-hybridized carbons (Fsp3) is 0.310. The fourth-order valence-corrected chi connectivity index (χ4v) is 5.52. The van der Waals surface area contributed by atoms with Crippen LogP contribution in [0, 0.1) is 0 Å². The van der Waals surface area contributed by atoms with Crippen molar-refractivity contribution in [2.24, 2.45) is 0 Å². The van der Waals surface area contributed by atoms with Gasteiger partial charge in [-0.25, -0.2) is 8.42 Å². The van der Waals surface area contributed by atoms with Gasteiger partial charge in [-0.2, -0.15) is 0 Å². The maximum atomic E-state index is 13.8. The summed E-state index contributed by atoms with van der Waals surface area (Å²) in [4.78, 5) is 28.1. The molecule has 0 radical (unpaired) electrons. The number of carbonyl (C=O) groups is 2. The number of amides is 2. The number of anilines is 1. The monoisotopic (exact) mass is 571 g/mol. The number of sulfonamides is 1. The summed E-state index contributed by atoms with van der Waals surface area (Å²) >= 11 is 6.05. The standard InChI is InChI=1S/C29H34ClN3O5S/c1-4-19-31-29(35)22(2)32(20-18-23-8-6-5-7-9-23)28(34)21-33(25-12-10-24(30)11-13-25)39(36,37)27-16-14-26(38-3)15-17-27/h5-17,22H,4,18-21H2,1-3H3,(H,31,35)/t22-/m0/s1. The molecule has 1 atom stereocenters. The lowest BCUT2D eigenvalue weighted by Crippen LogP contribution is -2.52. The number of halogens is 1. The topological polar surface area (TPSA) is 96.0 Å². The van der Waals surface area contributed by atoms with Crippen molar-refractivity contribution in [3.8, 4) is 5.75 Å². The van der Waals surface area contributed by atoms with Gasteiger partial charge in [-0.3, -0.25) is 13.9 Å². The third kappa shape index (κ3) is 7.97. The highest BCUT2D eigenvalue weighted by molar-refractivity contribution is 7.92. The van der Waals surface area contributed by atoms with Gasteiger partial charge in [0, 0.05) is 18.1 Å². The molecule has 39 heavy (non-hydrogen) atoms. The van der Waals surface area contributed by atoms with E-state index in [0.29, 0.717) is 23.7 Å². The Morgan fingerprint density at radius 2 is 1.62 bits per heavy atom. The third-order valence-corrected chi connectivity index (χ3v) is 8.28. The minimum atomic E-state index is -4.16. The number of rotatable bonds is 13. The van der Waals surface area contributed by atoms with Crippen LogP contribution in [-0.2, 0) is 26.0 Å². The number of benzene rings is 3. The summed E-state index contributed by atoms with van der Waals surface area (Å²) in [6, 6.07) is 20.9. The van der Waals surface area contributed by atoms with Crippen molar-refractivity contribution in [2.75, 3.05) is 31.0 Å². The number of methoxy groups -OCH3 is 1. The average Bonchev–Trinajstić information content (AvgIpc) is 2.95. The van der Waals surface area contributed by atoms with Crippen LogP contribution in [0.3, 0.4) is 0 Å². The SMILES string of the molecule is CCCNC(=O)[C@H](C)N(CCc1ccccc1)C(=O)CN(c1ccc(Cl)cc1)S(=O)(=O)c1ccc(OC)cc1. The van der Waals surface area contributed by atoms with E-state index in [1.54, 1.807) is 43.3 Å². The Morgan fingerprint density at radius 3 is 2.21 bits per heavy atom. The molecule has 0 aliphatic rings. The van der Waals surface area contributed by atoms with Crippen LogP contribution in [0.2, 0.25) is 5.02 Å². The second-order valence-corrected chi connectivity index (χ2v) is 11.3. The summed E-state index contributed by atoms with van der Waals surface area (Å²) in [5, 5.41) is 3.26. The predicted molar refractivity (Wildman–Crippen MR) is 154 cm³/mol. The van der Waals surface area contributed by atoms with Gasteiger partial charge in [0.25, 0.3) is 10.0 Å². The molecule has 0 bridgehead atoms. The zero-order chi connectivity index (χ0) is 28.4. The quantitative estimate of drug-likeness (QED) is 0.325. The number of carbonyl (C=O) groups excluding carboxylic acids is 2. The Morgan fingerprint density at radius 1 is 0.974 bits per heavy atom. The summed E-state index contributed by atoms with van der Waals surface area (Å²) in [5.41, 5.74) is 1.27. The molecule has 3 aromatic carbocycles. The van der Waals surface area contributed by atoms with Gasteiger partial charge < -0.3 is 15.0 Å². The molecular formula is C29H34ClN3O5S. The van der Waals surface area contributed by atoms with E-state index in [2.05, 4.69) is 5.32 Å². The highest BCUT2D eigenvalue weighted by Gasteiger charge is 2.32. The maximum Gasteiger partial charge on any atom is 0.264 e. The molecule has 1 N–H and O–H groups in total. The van der Waals surface area contributed by atoms with Gasteiger partial charge in [0.05, 0.1) is 17.7 Å². The first-order valence-electron chi connectivity index (χ1n) is 12.7. The number of nitrogens with one attached hydrogen (secondary N) is 1. The van der Waals surface area contributed by atoms with Crippen LogP contribution in [0.25, 0.3) is 0 Å². The van der Waals surface area contributed by atoms with Crippen LogP contribution in [0.5, 0.6) is 5.75 Å². The summed E-state index contributed by atoms with van der Waals surface area (Å²) in [7, 11) is -2.67. The summed E-state index contributed by atoms with van der Waals surface area (Å²) in [5.74, 6) is -0.298. The highest BCUT2D eigenvalue weighted by atomic mass is 35.5. The van der Waals surface area contributed by atoms with Gasteiger partial charge in [0.15, 0.2) is 0 Å². The molecule has 0 saturated carbocycles. The van der Waals surface area contributed by atoms with Crippen molar-refractivity contribution in [2.45, 2.75) is 37.6 Å². The number of ether oxygens (including phenoxy) is 1. The molecule has 208 valence electrons. The Bertz CT molecular complexity index is 1330. The van der Waals surface area contributed by atoms with E-state index in [1.807, 2.05) is 37.3 Å². The average molecular weight is 572 g/mol. The van der Waals surface area contributed by atoms with E-state index in [0.717, 1.165) is 16.3 Å². The summed E-state index contributed by atoms with van der Waals surface area (Å²) < 4.78 is 33.8. The van der Waals surface area contributed by atoms with E-state index in [9.17, 15) is 18.0 Å². The van der Waals surface area contributed by atoms with Crippen molar-refractivity contribution in [1.29, 1.82) is 0 Å². The lowest BCUT2D eigenvalue weighted by molar-refractivity contribution is -0.138. The van der Waals surface area contributed by atoms with Gasteiger partial charge >= 0.3 is 0 Å². The smallest absolute Gasteiger partial charge is 0.264 e. The molecule has 0 saturated heterocycles. The zero-order valence-electron chi connectivity index (χ0n) is 22.3. The van der Waals surface area contributed by atoms with Gasteiger partial charge in [0.2, 0.25) is 11.8 Å². The van der Waals surface area contributed by atoms with E-state index >= 15 is 0 Å². The number of hydrogen-bond acceptors (Lipinski definition) is 5. The number of hydrogen-bond donors (Lipinski definition) is 1. The Kier molecular flexibility index (Phi) is 10.8. The van der Waals surface area contributed by atoms with E-state index in [1.165, 1.54) is 24.1 Å². The lowest BCUT2D eigenvalue weighted by atomic mass is 10.1. The first-order valence-corrected chi connectivity index (χ1v) is 14.5. The van der Waals surface area contributed by atoms with Gasteiger partial charge in [0.1, 0.15) is 18.3 Å². The van der Waals surface area contributed by atoms with Crippen LogP contribution in [0.15, 0.2) is 83.8 Å². The highest BCUT2D eigenvalue weighted by Crippen LogP contribution is 2.27. The van der Waals surface area contributed by atoms with Crippen molar-refractivity contribution < 1.29 is 22.7 Å². The molecule has 0 fully saturated rings. The third-order valence-electron chi connectivity index (χ3n) is 6.24. The summed E-state index contributed by atoms with van der Waals surface area (Å²) in [6.45, 7) is 3.80. The minimum absolute atomic E-state index is 0.00405. The molecule has 8 nitrogen and oxygen atoms in total. The molecule has 0 aliphatic carbocycles. The molecule has 3 rings (SSSR count). The molecule has 2 amide bonds. The van der Waals surface area contributed by atoms with Crippen molar-refractivity contribution in [3.05, 3.63) is 89.4 Å². The molecule has 0 unspecified atom stereocenters. The van der Waals surface area contributed by atoms with Crippen LogP contribution >= 0.6 is 11.6 Å². The van der Waals surface area contributed by atoms with Gasteiger partial charge in [-0.15, -0.1) is 0 Å². The Labute approximate surface area is 235 Å². The Balaban J connectivity index is 1.96. The van der Waals surface area contributed by atoms with Crippen LogP contribution in [0.4, 0.5) is 5.69 Å². The number of nitrogens with zero attached hydrogens (tertiary/aromatic N) is 2. The Hall–Kier alpha value is -3.56. The molecule has 0 spiro atoms. The second kappa shape index (κ2) is 14.0. The van der Waals surface area contributed by atoms with Crippen molar-refractivity contribution >= 4 is 39.1 Å². The first kappa shape index (κ1) is 30.0. The summed E-state index contributed by atoms with van der Waals surface area (Å²) in [6.07, 6.45) is 1.25. The van der Waals surface area contributed by atoms with Crippen molar-refractivity contribution in [3.63, 3.8) is 0 Å². The fourth-order valence-electron chi connectivity index (χ4n) is 3.98. The van der Waals surface area contributed by atoms with Crippen LogP contribution in [0.1, 0.15) is 25.8 Å². The first-order chi connectivity index (χ1) is 18.7. The maximum absolute atomic E-state index is 13.8. The van der Waals surface area contributed by atoms with Gasteiger partial charge in [-0.1, -0.05) is 48.9 Å². The molecule has 0 aliphatic heterocycles. The molecular weight excluding hydrogens is 538 g/mol. The van der Waals surface area contributed by atoms with Crippen LogP contribution in [-0.4, -0.2) is 57.9 Å². The normalized spacial score (nSPS) is 11.9. The molecule has 0 heterocycles.